The number of hydrogen-bond acceptors (Lipinski definition) is 5. The Morgan fingerprint density at radius 2 is 1.63 bits per heavy atom. The van der Waals surface area contributed by atoms with Gasteiger partial charge in [0.1, 0.15) is 28.8 Å². The number of nitrogens with zero attached hydrogens (tertiary/aromatic N) is 3. The van der Waals surface area contributed by atoms with Gasteiger partial charge in [0, 0.05) is 25.5 Å². The first kappa shape index (κ1) is 18.2. The molecule has 138 valence electrons. The van der Waals surface area contributed by atoms with Gasteiger partial charge in [-0.1, -0.05) is 6.07 Å². The van der Waals surface area contributed by atoms with Crippen LogP contribution in [0.5, 0.6) is 0 Å². The van der Waals surface area contributed by atoms with Crippen LogP contribution in [0.4, 0.5) is 31.7 Å². The van der Waals surface area contributed by atoms with E-state index in [-0.39, 0.29) is 17.2 Å². The molecule has 8 heteroatoms. The van der Waals surface area contributed by atoms with Gasteiger partial charge in [0.2, 0.25) is 0 Å². The zero-order chi connectivity index (χ0) is 19.4. The SMILES string of the molecule is CN(C)c1ccc(NC(=O)c2cnc(Nc3c(F)cccc3F)cn2)cc1. The number of halogens is 2. The number of hydrogen-bond donors (Lipinski definition) is 2. The third kappa shape index (κ3) is 4.35. The third-order valence-electron chi connectivity index (χ3n) is 3.74. The van der Waals surface area contributed by atoms with Crippen molar-refractivity contribution in [2.45, 2.75) is 0 Å². The molecule has 0 bridgehead atoms. The van der Waals surface area contributed by atoms with Crippen LogP contribution in [0.15, 0.2) is 54.9 Å². The minimum absolute atomic E-state index is 0.0752. The normalized spacial score (nSPS) is 10.4. The summed E-state index contributed by atoms with van der Waals surface area (Å²) in [6.07, 6.45) is 2.46. The first-order chi connectivity index (χ1) is 12.9. The second-order valence-electron chi connectivity index (χ2n) is 5.90. The molecule has 3 aromatic rings. The van der Waals surface area contributed by atoms with Crippen LogP contribution in [0, 0.1) is 11.6 Å². The molecule has 27 heavy (non-hydrogen) atoms. The molecule has 3 rings (SSSR count). The average molecular weight is 369 g/mol. The number of benzene rings is 2. The average Bonchev–Trinajstić information content (AvgIpc) is 2.66. The molecule has 6 nitrogen and oxygen atoms in total. The van der Waals surface area contributed by atoms with Gasteiger partial charge in [0.15, 0.2) is 0 Å². The van der Waals surface area contributed by atoms with E-state index in [0.717, 1.165) is 17.8 Å². The molecule has 0 radical (unpaired) electrons. The van der Waals surface area contributed by atoms with E-state index in [4.69, 9.17) is 0 Å². The van der Waals surface area contributed by atoms with E-state index in [2.05, 4.69) is 20.6 Å². The van der Waals surface area contributed by atoms with Crippen LogP contribution in [0.2, 0.25) is 0 Å². The van der Waals surface area contributed by atoms with Gasteiger partial charge < -0.3 is 15.5 Å². The maximum atomic E-state index is 13.6. The lowest BCUT2D eigenvalue weighted by Gasteiger charge is -2.13. The molecule has 0 aliphatic heterocycles. The Balaban J connectivity index is 1.68. The fraction of sp³-hybridized carbons (Fsp3) is 0.105. The molecule has 1 heterocycles. The molecule has 1 aromatic heterocycles. The van der Waals surface area contributed by atoms with Crippen LogP contribution < -0.4 is 15.5 Å². The molecule has 0 fully saturated rings. The van der Waals surface area contributed by atoms with Gasteiger partial charge in [0.25, 0.3) is 5.91 Å². The van der Waals surface area contributed by atoms with Crippen LogP contribution in [-0.2, 0) is 0 Å². The first-order valence-corrected chi connectivity index (χ1v) is 8.06. The molecular weight excluding hydrogens is 352 g/mol. The summed E-state index contributed by atoms with van der Waals surface area (Å²) in [6, 6.07) is 10.8. The molecule has 0 saturated heterocycles. The number of carbonyl (C=O) groups excluding carboxylic acids is 1. The van der Waals surface area contributed by atoms with Gasteiger partial charge >= 0.3 is 0 Å². The van der Waals surface area contributed by atoms with Crippen LogP contribution >= 0.6 is 0 Å². The highest BCUT2D eigenvalue weighted by Gasteiger charge is 2.12. The van der Waals surface area contributed by atoms with Crippen molar-refractivity contribution in [2.24, 2.45) is 0 Å². The van der Waals surface area contributed by atoms with Gasteiger partial charge in [0.05, 0.1) is 12.4 Å². The molecule has 0 atom stereocenters. The highest BCUT2D eigenvalue weighted by atomic mass is 19.1. The number of anilines is 4. The predicted octanol–water partition coefficient (Wildman–Crippen LogP) is 3.82. The number of nitrogens with one attached hydrogen (secondary N) is 2. The Bertz CT molecular complexity index is 923. The van der Waals surface area contributed by atoms with E-state index >= 15 is 0 Å². The highest BCUT2D eigenvalue weighted by Crippen LogP contribution is 2.21. The van der Waals surface area contributed by atoms with E-state index in [1.54, 1.807) is 12.1 Å². The Morgan fingerprint density at radius 3 is 2.19 bits per heavy atom. The van der Waals surface area contributed by atoms with Crippen molar-refractivity contribution in [2.75, 3.05) is 29.6 Å². The van der Waals surface area contributed by atoms with Crippen LogP contribution in [0.1, 0.15) is 10.5 Å². The zero-order valence-electron chi connectivity index (χ0n) is 14.7. The van der Waals surface area contributed by atoms with Crippen LogP contribution in [0.3, 0.4) is 0 Å². The van der Waals surface area contributed by atoms with Gasteiger partial charge in [-0.15, -0.1) is 0 Å². The van der Waals surface area contributed by atoms with Crippen molar-refractivity contribution in [3.05, 3.63) is 72.2 Å². The standard InChI is InChI=1S/C19H17F2N5O/c1-26(2)13-8-6-12(7-9-13)24-19(27)16-10-23-17(11-22-16)25-18-14(20)4-3-5-15(18)21/h3-11H,1-2H3,(H,23,25)(H,24,27). The summed E-state index contributed by atoms with van der Waals surface area (Å²) in [6.45, 7) is 0. The van der Waals surface area contributed by atoms with E-state index < -0.39 is 17.5 Å². The molecule has 1 amide bonds. The maximum absolute atomic E-state index is 13.6. The van der Waals surface area contributed by atoms with Gasteiger partial charge in [-0.05, 0) is 36.4 Å². The zero-order valence-corrected chi connectivity index (χ0v) is 14.7. The molecule has 2 N–H and O–H groups in total. The summed E-state index contributed by atoms with van der Waals surface area (Å²) >= 11 is 0. The Hall–Kier alpha value is -3.55. The number of amides is 1. The van der Waals surface area contributed by atoms with Crippen molar-refractivity contribution in [3.8, 4) is 0 Å². The minimum Gasteiger partial charge on any atom is -0.378 e. The van der Waals surface area contributed by atoms with Crippen molar-refractivity contribution >= 4 is 28.8 Å². The molecule has 2 aromatic carbocycles. The summed E-state index contributed by atoms with van der Waals surface area (Å²) in [4.78, 5) is 22.2. The lowest BCUT2D eigenvalue weighted by Crippen LogP contribution is -2.14. The smallest absolute Gasteiger partial charge is 0.275 e. The summed E-state index contributed by atoms with van der Waals surface area (Å²) < 4.78 is 27.3. The number of carbonyl (C=O) groups is 1. The predicted molar refractivity (Wildman–Crippen MR) is 100 cm³/mol. The van der Waals surface area contributed by atoms with Crippen LogP contribution in [0.25, 0.3) is 0 Å². The van der Waals surface area contributed by atoms with E-state index in [0.29, 0.717) is 5.69 Å². The first-order valence-electron chi connectivity index (χ1n) is 8.06. The molecule has 0 aliphatic carbocycles. The number of para-hydroxylation sites is 1. The monoisotopic (exact) mass is 369 g/mol. The van der Waals surface area contributed by atoms with E-state index in [1.165, 1.54) is 18.5 Å². The second-order valence-corrected chi connectivity index (χ2v) is 5.90. The second kappa shape index (κ2) is 7.77. The van der Waals surface area contributed by atoms with Crippen molar-refractivity contribution in [3.63, 3.8) is 0 Å². The Labute approximate surface area is 154 Å². The molecular formula is C19H17F2N5O. The molecule has 0 unspecified atom stereocenters. The van der Waals surface area contributed by atoms with Crippen molar-refractivity contribution in [1.82, 2.24) is 9.97 Å². The summed E-state index contributed by atoms with van der Waals surface area (Å²) in [5.74, 6) is -1.82. The van der Waals surface area contributed by atoms with Crippen molar-refractivity contribution < 1.29 is 13.6 Å². The summed E-state index contributed by atoms with van der Waals surface area (Å²) in [7, 11) is 3.85. The molecule has 0 aliphatic rings. The lowest BCUT2D eigenvalue weighted by atomic mass is 10.2. The van der Waals surface area contributed by atoms with E-state index in [1.807, 2.05) is 31.1 Å². The van der Waals surface area contributed by atoms with Gasteiger partial charge in [-0.2, -0.15) is 0 Å². The Kier molecular flexibility index (Phi) is 5.25. The Morgan fingerprint density at radius 1 is 0.963 bits per heavy atom. The number of aromatic nitrogens is 2. The van der Waals surface area contributed by atoms with Crippen molar-refractivity contribution in [1.29, 1.82) is 0 Å². The van der Waals surface area contributed by atoms with Gasteiger partial charge in [-0.3, -0.25) is 4.79 Å². The number of rotatable bonds is 5. The summed E-state index contributed by atoms with van der Waals surface area (Å²) in [5.41, 5.74) is 1.36. The van der Waals surface area contributed by atoms with Gasteiger partial charge in [-0.25, -0.2) is 18.7 Å². The third-order valence-corrected chi connectivity index (χ3v) is 3.74. The maximum Gasteiger partial charge on any atom is 0.275 e. The lowest BCUT2D eigenvalue weighted by molar-refractivity contribution is 0.102. The highest BCUT2D eigenvalue weighted by molar-refractivity contribution is 6.02. The topological polar surface area (TPSA) is 70.2 Å². The quantitative estimate of drug-likeness (QED) is 0.716. The van der Waals surface area contributed by atoms with E-state index in [9.17, 15) is 13.6 Å². The molecule has 0 spiro atoms. The fourth-order valence-electron chi connectivity index (χ4n) is 2.29. The fourth-order valence-corrected chi connectivity index (χ4v) is 2.29. The summed E-state index contributed by atoms with van der Waals surface area (Å²) in [5, 5.41) is 5.22. The van der Waals surface area contributed by atoms with Crippen LogP contribution in [-0.4, -0.2) is 30.0 Å². The molecule has 0 saturated carbocycles. The minimum atomic E-state index is -0.750. The largest absolute Gasteiger partial charge is 0.378 e.